The smallest absolute Gasteiger partial charge is 0.270 e. The fourth-order valence-electron chi connectivity index (χ4n) is 2.48. The number of rotatable bonds is 8. The van der Waals surface area contributed by atoms with Gasteiger partial charge in [0, 0.05) is 50.0 Å². The standard InChI is InChI=1S/C19H20N4O3S/c1-22(2)18-8-7-16(23(25)26)11-17(18)19(24)21-9-10-27-13-15-6-4-3-5-14(15)12-20/h3-8,11H,9-10,13H2,1-2H3,(H,21,24). The second kappa shape index (κ2) is 9.59. The van der Waals surface area contributed by atoms with Gasteiger partial charge in [0.25, 0.3) is 11.6 Å². The zero-order chi connectivity index (χ0) is 19.8. The minimum atomic E-state index is -0.515. The number of anilines is 1. The highest BCUT2D eigenvalue weighted by Crippen LogP contribution is 2.24. The first-order chi connectivity index (χ1) is 12.9. The van der Waals surface area contributed by atoms with Crippen LogP contribution < -0.4 is 10.2 Å². The fourth-order valence-corrected chi connectivity index (χ4v) is 3.34. The van der Waals surface area contributed by atoms with Gasteiger partial charge in [-0.05, 0) is 17.7 Å². The molecule has 2 rings (SSSR count). The van der Waals surface area contributed by atoms with Gasteiger partial charge in [-0.2, -0.15) is 17.0 Å². The van der Waals surface area contributed by atoms with Crippen LogP contribution in [-0.4, -0.2) is 37.2 Å². The third-order valence-corrected chi connectivity index (χ3v) is 4.85. The molecule has 27 heavy (non-hydrogen) atoms. The summed E-state index contributed by atoms with van der Waals surface area (Å²) >= 11 is 1.61. The van der Waals surface area contributed by atoms with Crippen LogP contribution in [0.4, 0.5) is 11.4 Å². The number of nitrogens with one attached hydrogen (secondary N) is 1. The lowest BCUT2D eigenvalue weighted by Crippen LogP contribution is -2.27. The van der Waals surface area contributed by atoms with Crippen molar-refractivity contribution in [1.29, 1.82) is 5.26 Å². The molecule has 2 aromatic carbocycles. The molecular weight excluding hydrogens is 364 g/mol. The Bertz CT molecular complexity index is 877. The van der Waals surface area contributed by atoms with Crippen molar-refractivity contribution >= 4 is 29.0 Å². The van der Waals surface area contributed by atoms with Gasteiger partial charge in [0.1, 0.15) is 0 Å². The Hall–Kier alpha value is -3.05. The first-order valence-electron chi connectivity index (χ1n) is 8.23. The third-order valence-electron chi connectivity index (χ3n) is 3.84. The normalized spacial score (nSPS) is 10.1. The highest BCUT2D eigenvalue weighted by atomic mass is 32.2. The molecule has 0 atom stereocenters. The SMILES string of the molecule is CN(C)c1ccc([N+](=O)[O-])cc1C(=O)NCCSCc1ccccc1C#N. The lowest BCUT2D eigenvalue weighted by atomic mass is 10.1. The van der Waals surface area contributed by atoms with E-state index in [4.69, 9.17) is 5.26 Å². The molecule has 0 aliphatic heterocycles. The lowest BCUT2D eigenvalue weighted by Gasteiger charge is -2.17. The summed E-state index contributed by atoms with van der Waals surface area (Å²) in [5.74, 6) is 0.998. The maximum atomic E-state index is 12.5. The van der Waals surface area contributed by atoms with E-state index in [1.165, 1.54) is 12.1 Å². The minimum absolute atomic E-state index is 0.117. The maximum Gasteiger partial charge on any atom is 0.270 e. The molecular formula is C19H20N4O3S. The van der Waals surface area contributed by atoms with Gasteiger partial charge in [-0.1, -0.05) is 18.2 Å². The van der Waals surface area contributed by atoms with E-state index < -0.39 is 4.92 Å². The fraction of sp³-hybridized carbons (Fsp3) is 0.263. The maximum absolute atomic E-state index is 12.5. The summed E-state index contributed by atoms with van der Waals surface area (Å²) in [4.78, 5) is 24.7. The van der Waals surface area contributed by atoms with Gasteiger partial charge >= 0.3 is 0 Å². The second-order valence-electron chi connectivity index (χ2n) is 5.93. The molecule has 0 aliphatic rings. The summed E-state index contributed by atoms with van der Waals surface area (Å²) in [6.45, 7) is 0.424. The molecule has 2 aromatic rings. The van der Waals surface area contributed by atoms with E-state index in [0.717, 1.165) is 5.56 Å². The van der Waals surface area contributed by atoms with E-state index in [1.54, 1.807) is 42.9 Å². The first kappa shape index (κ1) is 20.3. The molecule has 1 amide bonds. The zero-order valence-electron chi connectivity index (χ0n) is 15.1. The van der Waals surface area contributed by atoms with Crippen molar-refractivity contribution in [2.45, 2.75) is 5.75 Å². The number of benzene rings is 2. The van der Waals surface area contributed by atoms with Crippen LogP contribution in [0.1, 0.15) is 21.5 Å². The van der Waals surface area contributed by atoms with Gasteiger partial charge in [0.2, 0.25) is 0 Å². The van der Waals surface area contributed by atoms with Crippen molar-refractivity contribution in [3.05, 3.63) is 69.3 Å². The van der Waals surface area contributed by atoms with E-state index in [2.05, 4.69) is 11.4 Å². The van der Waals surface area contributed by atoms with Gasteiger partial charge in [-0.3, -0.25) is 14.9 Å². The predicted octanol–water partition coefficient (Wildman–Crippen LogP) is 3.20. The van der Waals surface area contributed by atoms with Crippen LogP contribution in [0.3, 0.4) is 0 Å². The molecule has 0 aliphatic carbocycles. The van der Waals surface area contributed by atoms with Crippen LogP contribution in [-0.2, 0) is 5.75 Å². The lowest BCUT2D eigenvalue weighted by molar-refractivity contribution is -0.384. The van der Waals surface area contributed by atoms with E-state index >= 15 is 0 Å². The van der Waals surface area contributed by atoms with Crippen molar-refractivity contribution in [1.82, 2.24) is 5.32 Å². The molecule has 0 saturated heterocycles. The summed E-state index contributed by atoms with van der Waals surface area (Å²) in [5.41, 5.74) is 2.39. The number of nitro benzene ring substituents is 1. The summed E-state index contributed by atoms with van der Waals surface area (Å²) in [7, 11) is 3.56. The quantitative estimate of drug-likeness (QED) is 0.426. The van der Waals surface area contributed by atoms with Crippen molar-refractivity contribution in [2.75, 3.05) is 31.3 Å². The number of thioether (sulfide) groups is 1. The zero-order valence-corrected chi connectivity index (χ0v) is 16.0. The van der Waals surface area contributed by atoms with Gasteiger partial charge in [0.15, 0.2) is 0 Å². The molecule has 7 nitrogen and oxygen atoms in total. The number of hydrogen-bond donors (Lipinski definition) is 1. The molecule has 0 heterocycles. The van der Waals surface area contributed by atoms with Crippen molar-refractivity contribution < 1.29 is 9.72 Å². The largest absolute Gasteiger partial charge is 0.377 e. The van der Waals surface area contributed by atoms with E-state index in [0.29, 0.717) is 29.3 Å². The van der Waals surface area contributed by atoms with Crippen LogP contribution in [0.25, 0.3) is 0 Å². The topological polar surface area (TPSA) is 99.3 Å². The van der Waals surface area contributed by atoms with Crippen LogP contribution in [0.2, 0.25) is 0 Å². The molecule has 140 valence electrons. The number of nitriles is 1. The number of amides is 1. The highest BCUT2D eigenvalue weighted by Gasteiger charge is 2.17. The van der Waals surface area contributed by atoms with Gasteiger partial charge < -0.3 is 10.2 Å². The van der Waals surface area contributed by atoms with Crippen LogP contribution >= 0.6 is 11.8 Å². The molecule has 0 fully saturated rings. The predicted molar refractivity (Wildman–Crippen MR) is 107 cm³/mol. The molecule has 0 saturated carbocycles. The average Bonchev–Trinajstić information content (AvgIpc) is 2.67. The molecule has 0 aromatic heterocycles. The number of nitro groups is 1. The van der Waals surface area contributed by atoms with E-state index in [1.807, 2.05) is 18.2 Å². The molecule has 1 N–H and O–H groups in total. The van der Waals surface area contributed by atoms with Crippen LogP contribution in [0.15, 0.2) is 42.5 Å². The molecule has 0 radical (unpaired) electrons. The molecule has 8 heteroatoms. The number of carbonyl (C=O) groups excluding carboxylic acids is 1. The number of carbonyl (C=O) groups is 1. The minimum Gasteiger partial charge on any atom is -0.377 e. The summed E-state index contributed by atoms with van der Waals surface area (Å²) in [6, 6.07) is 13.8. The average molecular weight is 384 g/mol. The summed E-state index contributed by atoms with van der Waals surface area (Å²) < 4.78 is 0. The molecule has 0 unspecified atom stereocenters. The number of non-ortho nitro benzene ring substituents is 1. The van der Waals surface area contributed by atoms with Gasteiger partial charge in [0.05, 0.1) is 22.1 Å². The first-order valence-corrected chi connectivity index (χ1v) is 9.39. The van der Waals surface area contributed by atoms with E-state index in [-0.39, 0.29) is 17.2 Å². The Morgan fingerprint density at radius 3 is 2.70 bits per heavy atom. The summed E-state index contributed by atoms with van der Waals surface area (Å²) in [5, 5.41) is 22.9. The Kier molecular flexibility index (Phi) is 7.20. The molecule has 0 bridgehead atoms. The van der Waals surface area contributed by atoms with Gasteiger partial charge in [-0.25, -0.2) is 0 Å². The third kappa shape index (κ3) is 5.46. The van der Waals surface area contributed by atoms with Crippen molar-refractivity contribution in [3.8, 4) is 6.07 Å². The number of hydrogen-bond acceptors (Lipinski definition) is 6. The second-order valence-corrected chi connectivity index (χ2v) is 7.04. The molecule has 0 spiro atoms. The Labute approximate surface area is 162 Å². The Morgan fingerprint density at radius 1 is 1.30 bits per heavy atom. The highest BCUT2D eigenvalue weighted by molar-refractivity contribution is 7.98. The van der Waals surface area contributed by atoms with Crippen LogP contribution in [0.5, 0.6) is 0 Å². The van der Waals surface area contributed by atoms with Crippen LogP contribution in [0, 0.1) is 21.4 Å². The van der Waals surface area contributed by atoms with Crippen molar-refractivity contribution in [2.24, 2.45) is 0 Å². The summed E-state index contributed by atoms with van der Waals surface area (Å²) in [6.07, 6.45) is 0. The van der Waals surface area contributed by atoms with Gasteiger partial charge in [-0.15, -0.1) is 0 Å². The van der Waals surface area contributed by atoms with Crippen molar-refractivity contribution in [3.63, 3.8) is 0 Å². The monoisotopic (exact) mass is 384 g/mol. The number of nitrogens with zero attached hydrogens (tertiary/aromatic N) is 3. The Balaban J connectivity index is 1.93. The van der Waals surface area contributed by atoms with E-state index in [9.17, 15) is 14.9 Å². The Morgan fingerprint density at radius 2 is 2.04 bits per heavy atom.